The van der Waals surface area contributed by atoms with E-state index in [0.717, 1.165) is 5.75 Å². The Balaban J connectivity index is 1.54. The molecule has 0 radical (unpaired) electrons. The molecule has 0 spiro atoms. The van der Waals surface area contributed by atoms with Gasteiger partial charge in [-0.3, -0.25) is 9.59 Å². The topological polar surface area (TPSA) is 80.6 Å². The molecular weight excluding hydrogens is 284 g/mol. The van der Waals surface area contributed by atoms with Gasteiger partial charge in [-0.05, 0) is 24.3 Å². The van der Waals surface area contributed by atoms with Crippen LogP contribution in [0.5, 0.6) is 5.75 Å². The fourth-order valence-corrected chi connectivity index (χ4v) is 1.75. The summed E-state index contributed by atoms with van der Waals surface area (Å²) in [7, 11) is 0. The lowest BCUT2D eigenvalue weighted by Gasteiger charge is -2.08. The molecular formula is C16H18N2O4. The highest BCUT2D eigenvalue weighted by atomic mass is 16.5. The van der Waals surface area contributed by atoms with Crippen molar-refractivity contribution >= 4 is 11.8 Å². The molecule has 0 atom stereocenters. The number of hydrogen-bond donors (Lipinski definition) is 2. The molecule has 0 unspecified atom stereocenters. The Morgan fingerprint density at radius 2 is 1.82 bits per heavy atom. The van der Waals surface area contributed by atoms with Gasteiger partial charge in [0, 0.05) is 13.0 Å². The molecule has 1 aromatic carbocycles. The van der Waals surface area contributed by atoms with Crippen molar-refractivity contribution in [1.29, 1.82) is 0 Å². The van der Waals surface area contributed by atoms with E-state index in [4.69, 9.17) is 9.15 Å². The van der Waals surface area contributed by atoms with Gasteiger partial charge in [0.1, 0.15) is 12.4 Å². The zero-order chi connectivity index (χ0) is 15.6. The molecule has 0 bridgehead atoms. The van der Waals surface area contributed by atoms with E-state index in [-0.39, 0.29) is 30.5 Å². The summed E-state index contributed by atoms with van der Waals surface area (Å²) in [6.07, 6.45) is 1.63. The number of hydrogen-bond acceptors (Lipinski definition) is 4. The number of rotatable bonds is 8. The van der Waals surface area contributed by atoms with E-state index >= 15 is 0 Å². The number of furan rings is 1. The van der Waals surface area contributed by atoms with Gasteiger partial charge in [-0.1, -0.05) is 18.2 Å². The van der Waals surface area contributed by atoms with Gasteiger partial charge in [-0.15, -0.1) is 0 Å². The largest absolute Gasteiger partial charge is 0.492 e. The van der Waals surface area contributed by atoms with Crippen molar-refractivity contribution in [2.45, 2.75) is 6.42 Å². The summed E-state index contributed by atoms with van der Waals surface area (Å²) in [5.74, 6) is 0.528. The Labute approximate surface area is 128 Å². The van der Waals surface area contributed by atoms with E-state index in [0.29, 0.717) is 13.2 Å². The number of ether oxygens (including phenoxy) is 1. The van der Waals surface area contributed by atoms with Crippen LogP contribution in [-0.2, 0) is 4.79 Å². The van der Waals surface area contributed by atoms with Crippen molar-refractivity contribution in [2.24, 2.45) is 0 Å². The van der Waals surface area contributed by atoms with Crippen LogP contribution in [0.4, 0.5) is 0 Å². The normalized spacial score (nSPS) is 10.0. The Kier molecular flexibility index (Phi) is 6.04. The fraction of sp³-hybridized carbons (Fsp3) is 0.250. The zero-order valence-corrected chi connectivity index (χ0v) is 12.1. The van der Waals surface area contributed by atoms with E-state index < -0.39 is 0 Å². The number of para-hydroxylation sites is 1. The second-order valence-corrected chi connectivity index (χ2v) is 4.49. The minimum absolute atomic E-state index is 0.142. The lowest BCUT2D eigenvalue weighted by molar-refractivity contribution is -0.121. The molecule has 116 valence electrons. The van der Waals surface area contributed by atoms with Crippen LogP contribution in [0.2, 0.25) is 0 Å². The Hall–Kier alpha value is -2.76. The van der Waals surface area contributed by atoms with Crippen LogP contribution >= 0.6 is 0 Å². The van der Waals surface area contributed by atoms with Gasteiger partial charge in [0.2, 0.25) is 5.91 Å². The highest BCUT2D eigenvalue weighted by Gasteiger charge is 2.08. The molecule has 2 amide bonds. The first-order valence-corrected chi connectivity index (χ1v) is 7.02. The quantitative estimate of drug-likeness (QED) is 0.726. The lowest BCUT2D eigenvalue weighted by Crippen LogP contribution is -2.32. The summed E-state index contributed by atoms with van der Waals surface area (Å²) in [4.78, 5) is 23.1. The Bertz CT molecular complexity index is 581. The molecule has 1 aromatic heterocycles. The summed E-state index contributed by atoms with van der Waals surface area (Å²) in [5, 5.41) is 5.33. The highest BCUT2D eigenvalue weighted by Crippen LogP contribution is 2.07. The van der Waals surface area contributed by atoms with E-state index in [2.05, 4.69) is 10.6 Å². The van der Waals surface area contributed by atoms with Crippen LogP contribution in [0.1, 0.15) is 17.0 Å². The summed E-state index contributed by atoms with van der Waals surface area (Å²) in [6.45, 7) is 1.07. The highest BCUT2D eigenvalue weighted by molar-refractivity contribution is 5.91. The van der Waals surface area contributed by atoms with Gasteiger partial charge < -0.3 is 19.8 Å². The van der Waals surface area contributed by atoms with Gasteiger partial charge in [0.15, 0.2) is 5.76 Å². The van der Waals surface area contributed by atoms with Crippen LogP contribution < -0.4 is 15.4 Å². The molecule has 22 heavy (non-hydrogen) atoms. The number of amides is 2. The monoisotopic (exact) mass is 302 g/mol. The predicted molar refractivity (Wildman–Crippen MR) is 80.6 cm³/mol. The third kappa shape index (κ3) is 5.32. The second kappa shape index (κ2) is 8.51. The van der Waals surface area contributed by atoms with Gasteiger partial charge in [-0.2, -0.15) is 0 Å². The number of benzene rings is 1. The van der Waals surface area contributed by atoms with Crippen LogP contribution in [-0.4, -0.2) is 31.5 Å². The van der Waals surface area contributed by atoms with E-state index in [9.17, 15) is 9.59 Å². The first kappa shape index (κ1) is 15.6. The molecule has 0 aliphatic rings. The second-order valence-electron chi connectivity index (χ2n) is 4.49. The molecule has 0 saturated carbocycles. The van der Waals surface area contributed by atoms with E-state index in [1.807, 2.05) is 30.3 Å². The molecule has 0 aliphatic carbocycles. The lowest BCUT2D eigenvalue weighted by atomic mass is 10.3. The molecule has 2 N–H and O–H groups in total. The van der Waals surface area contributed by atoms with E-state index in [1.54, 1.807) is 12.1 Å². The van der Waals surface area contributed by atoms with E-state index in [1.165, 1.54) is 6.26 Å². The summed E-state index contributed by atoms with van der Waals surface area (Å²) < 4.78 is 10.4. The Morgan fingerprint density at radius 3 is 2.55 bits per heavy atom. The van der Waals surface area contributed by atoms with Crippen molar-refractivity contribution in [2.75, 3.05) is 19.7 Å². The molecule has 0 aliphatic heterocycles. The number of carbonyl (C=O) groups is 2. The first-order chi connectivity index (χ1) is 10.8. The minimum atomic E-state index is -0.329. The average molecular weight is 302 g/mol. The molecule has 0 saturated heterocycles. The predicted octanol–water partition coefficient (Wildman–Crippen LogP) is 1.59. The van der Waals surface area contributed by atoms with Crippen molar-refractivity contribution in [3.05, 3.63) is 54.5 Å². The SMILES string of the molecule is O=C(CCNC(=O)c1ccco1)NCCOc1ccccc1. The smallest absolute Gasteiger partial charge is 0.286 e. The Morgan fingerprint density at radius 1 is 1.00 bits per heavy atom. The van der Waals surface area contributed by atoms with Crippen LogP contribution in [0.3, 0.4) is 0 Å². The summed E-state index contributed by atoms with van der Waals surface area (Å²) in [6, 6.07) is 12.6. The maximum absolute atomic E-state index is 11.6. The van der Waals surface area contributed by atoms with Gasteiger partial charge in [-0.25, -0.2) is 0 Å². The van der Waals surface area contributed by atoms with Crippen molar-refractivity contribution in [1.82, 2.24) is 10.6 Å². The van der Waals surface area contributed by atoms with Gasteiger partial charge >= 0.3 is 0 Å². The third-order valence-corrected chi connectivity index (χ3v) is 2.82. The molecule has 1 heterocycles. The molecule has 6 heteroatoms. The maximum atomic E-state index is 11.6. The number of carbonyl (C=O) groups excluding carboxylic acids is 2. The average Bonchev–Trinajstić information content (AvgIpc) is 3.07. The van der Waals surface area contributed by atoms with Gasteiger partial charge in [0.05, 0.1) is 12.8 Å². The van der Waals surface area contributed by atoms with Crippen molar-refractivity contribution in [3.8, 4) is 5.75 Å². The standard InChI is InChI=1S/C16H18N2O4/c19-15(8-9-18-16(20)14-7-4-11-22-14)17-10-12-21-13-5-2-1-3-6-13/h1-7,11H,8-10,12H2,(H,17,19)(H,18,20). The molecule has 2 aromatic rings. The molecule has 6 nitrogen and oxygen atoms in total. The third-order valence-electron chi connectivity index (χ3n) is 2.82. The molecule has 0 fully saturated rings. The van der Waals surface area contributed by atoms with Crippen LogP contribution in [0.25, 0.3) is 0 Å². The van der Waals surface area contributed by atoms with Crippen LogP contribution in [0.15, 0.2) is 53.1 Å². The molecule has 2 rings (SSSR count). The zero-order valence-electron chi connectivity index (χ0n) is 12.1. The van der Waals surface area contributed by atoms with Crippen molar-refractivity contribution in [3.63, 3.8) is 0 Å². The van der Waals surface area contributed by atoms with Gasteiger partial charge in [0.25, 0.3) is 5.91 Å². The summed E-state index contributed by atoms with van der Waals surface area (Å²) >= 11 is 0. The minimum Gasteiger partial charge on any atom is -0.492 e. The number of nitrogens with one attached hydrogen (secondary N) is 2. The maximum Gasteiger partial charge on any atom is 0.286 e. The van der Waals surface area contributed by atoms with Crippen molar-refractivity contribution < 1.29 is 18.7 Å². The van der Waals surface area contributed by atoms with Crippen LogP contribution in [0, 0.1) is 0 Å². The fourth-order valence-electron chi connectivity index (χ4n) is 1.75. The summed E-state index contributed by atoms with van der Waals surface area (Å²) in [5.41, 5.74) is 0. The first-order valence-electron chi connectivity index (χ1n) is 7.02.